The van der Waals surface area contributed by atoms with Gasteiger partial charge in [-0.1, -0.05) is 23.2 Å². The number of aliphatic hydroxyl groups is 1. The van der Waals surface area contributed by atoms with Crippen molar-refractivity contribution in [2.24, 2.45) is 5.92 Å². The molecule has 20 heavy (non-hydrogen) atoms. The highest BCUT2D eigenvalue weighted by Gasteiger charge is 2.53. The molecule has 6 nitrogen and oxygen atoms in total. The first-order valence-electron chi connectivity index (χ1n) is 5.93. The minimum atomic E-state index is -0.969. The van der Waals surface area contributed by atoms with Gasteiger partial charge in [-0.25, -0.2) is 0 Å². The second-order valence-corrected chi connectivity index (χ2v) is 5.53. The zero-order chi connectivity index (χ0) is 14.9. The third kappa shape index (κ3) is 3.59. The highest BCUT2D eigenvalue weighted by Crippen LogP contribution is 2.33. The lowest BCUT2D eigenvalue weighted by Crippen LogP contribution is -2.31. The van der Waals surface area contributed by atoms with Gasteiger partial charge in [0.2, 0.25) is 11.9 Å². The molecule has 1 fully saturated rings. The summed E-state index contributed by atoms with van der Waals surface area (Å²) in [5.41, 5.74) is 0.476. The number of nitro groups is 1. The Kier molecular flexibility index (Phi) is 4.47. The largest absolute Gasteiger partial charge is 0.387 e. The Balaban J connectivity index is 1.88. The fourth-order valence-corrected chi connectivity index (χ4v) is 2.45. The molecule has 0 spiro atoms. The molecule has 0 aromatic heterocycles. The Bertz CT molecular complexity index is 532. The normalized spacial score (nSPS) is 22.1. The predicted octanol–water partition coefficient (Wildman–Crippen LogP) is 1.81. The first kappa shape index (κ1) is 15.0. The molecule has 1 aromatic carbocycles. The van der Waals surface area contributed by atoms with E-state index in [1.165, 1.54) is 6.07 Å². The number of rotatable bonds is 5. The van der Waals surface area contributed by atoms with E-state index in [1.807, 2.05) is 0 Å². The van der Waals surface area contributed by atoms with Crippen LogP contribution < -0.4 is 5.32 Å². The quantitative estimate of drug-likeness (QED) is 0.639. The van der Waals surface area contributed by atoms with Crippen LogP contribution >= 0.6 is 23.2 Å². The van der Waals surface area contributed by atoms with Gasteiger partial charge in [0.15, 0.2) is 0 Å². The van der Waals surface area contributed by atoms with Crippen molar-refractivity contribution in [2.45, 2.75) is 18.6 Å². The van der Waals surface area contributed by atoms with Crippen molar-refractivity contribution in [3.8, 4) is 0 Å². The molecule has 0 aliphatic heterocycles. The number of amides is 1. The number of nitrogens with one attached hydrogen (secondary N) is 1. The molecule has 0 radical (unpaired) electrons. The van der Waals surface area contributed by atoms with Gasteiger partial charge in [0.25, 0.3) is 0 Å². The van der Waals surface area contributed by atoms with Crippen LogP contribution in [0.3, 0.4) is 0 Å². The molecule has 1 aliphatic rings. The number of aliphatic hydroxyl groups excluding tert-OH is 1. The molecule has 1 amide bonds. The molecule has 3 atom stereocenters. The highest BCUT2D eigenvalue weighted by atomic mass is 35.5. The maximum Gasteiger partial charge on any atom is 0.230 e. The average Bonchev–Trinajstić information content (AvgIpc) is 3.14. The molecular formula is C12H12Cl2N2O4. The second kappa shape index (κ2) is 5.95. The lowest BCUT2D eigenvalue weighted by Gasteiger charge is -2.12. The second-order valence-electron chi connectivity index (χ2n) is 4.66. The van der Waals surface area contributed by atoms with E-state index in [2.05, 4.69) is 5.32 Å². The highest BCUT2D eigenvalue weighted by molar-refractivity contribution is 6.34. The lowest BCUT2D eigenvalue weighted by molar-refractivity contribution is -0.497. The van der Waals surface area contributed by atoms with E-state index in [9.17, 15) is 20.0 Å². The van der Waals surface area contributed by atoms with Crippen LogP contribution in [0.4, 0.5) is 0 Å². The number of benzene rings is 1. The van der Waals surface area contributed by atoms with Gasteiger partial charge in [-0.3, -0.25) is 14.9 Å². The summed E-state index contributed by atoms with van der Waals surface area (Å²) in [6.07, 6.45) is -0.722. The number of carbonyl (C=O) groups is 1. The minimum absolute atomic E-state index is 0.0452. The number of halogens is 2. The zero-order valence-corrected chi connectivity index (χ0v) is 11.8. The monoisotopic (exact) mass is 318 g/mol. The average molecular weight is 319 g/mol. The van der Waals surface area contributed by atoms with Gasteiger partial charge < -0.3 is 10.4 Å². The maximum atomic E-state index is 11.6. The summed E-state index contributed by atoms with van der Waals surface area (Å²) in [7, 11) is 0. The van der Waals surface area contributed by atoms with E-state index in [4.69, 9.17) is 23.2 Å². The molecule has 8 heteroatoms. The van der Waals surface area contributed by atoms with Gasteiger partial charge in [-0.15, -0.1) is 0 Å². The molecule has 2 N–H and O–H groups in total. The fraction of sp³-hybridized carbons (Fsp3) is 0.417. The van der Waals surface area contributed by atoms with Crippen LogP contribution in [0.15, 0.2) is 18.2 Å². The van der Waals surface area contributed by atoms with Crippen LogP contribution in [-0.2, 0) is 4.79 Å². The first-order valence-corrected chi connectivity index (χ1v) is 6.69. The summed E-state index contributed by atoms with van der Waals surface area (Å²) in [5, 5.41) is 23.6. The predicted molar refractivity (Wildman–Crippen MR) is 73.3 cm³/mol. The van der Waals surface area contributed by atoms with E-state index in [0.717, 1.165) is 0 Å². The Morgan fingerprint density at radius 2 is 2.05 bits per heavy atom. The molecule has 2 rings (SSSR count). The van der Waals surface area contributed by atoms with E-state index >= 15 is 0 Å². The van der Waals surface area contributed by atoms with Crippen LogP contribution in [0, 0.1) is 16.0 Å². The van der Waals surface area contributed by atoms with Crippen LogP contribution in [0.1, 0.15) is 18.1 Å². The summed E-state index contributed by atoms with van der Waals surface area (Å²) in [5.74, 6) is -1.01. The van der Waals surface area contributed by atoms with Crippen molar-refractivity contribution >= 4 is 29.1 Å². The first-order chi connectivity index (χ1) is 9.38. The van der Waals surface area contributed by atoms with Crippen LogP contribution in [-0.4, -0.2) is 28.5 Å². The van der Waals surface area contributed by atoms with E-state index < -0.39 is 28.9 Å². The zero-order valence-electron chi connectivity index (χ0n) is 10.3. The molecule has 1 aliphatic carbocycles. The smallest absolute Gasteiger partial charge is 0.230 e. The van der Waals surface area contributed by atoms with Gasteiger partial charge >= 0.3 is 0 Å². The van der Waals surface area contributed by atoms with Crippen LogP contribution in [0.5, 0.6) is 0 Å². The number of carbonyl (C=O) groups excluding carboxylic acids is 1. The Morgan fingerprint density at radius 1 is 1.45 bits per heavy atom. The summed E-state index contributed by atoms with van der Waals surface area (Å²) < 4.78 is 0. The van der Waals surface area contributed by atoms with Crippen molar-refractivity contribution < 1.29 is 14.8 Å². The van der Waals surface area contributed by atoms with Gasteiger partial charge in [0.05, 0.1) is 6.10 Å². The standard InChI is InChI=1S/C12H12Cl2N2O4/c13-7-1-6(2-8(14)3-7)11(17)5-15-12(18)9-4-10(9)16(19)20/h1-3,9-11,17H,4-5H2,(H,15,18)/t9-,10+,11-/m0/s1. The molecule has 1 saturated carbocycles. The Labute approximate surface area is 124 Å². The van der Waals surface area contributed by atoms with Gasteiger partial charge in [0.1, 0.15) is 5.92 Å². The Hall–Kier alpha value is -1.37. The van der Waals surface area contributed by atoms with E-state index in [-0.39, 0.29) is 13.0 Å². The summed E-state index contributed by atoms with van der Waals surface area (Å²) in [6.45, 7) is -0.0452. The van der Waals surface area contributed by atoms with E-state index in [0.29, 0.717) is 15.6 Å². The third-order valence-electron chi connectivity index (χ3n) is 3.10. The molecule has 0 bridgehead atoms. The number of nitrogens with zero attached hydrogens (tertiary/aromatic N) is 1. The van der Waals surface area contributed by atoms with Crippen molar-refractivity contribution in [1.29, 1.82) is 0 Å². The van der Waals surface area contributed by atoms with Crippen LogP contribution in [0.25, 0.3) is 0 Å². The molecule has 1 aromatic rings. The van der Waals surface area contributed by atoms with Gasteiger partial charge in [-0.05, 0) is 23.8 Å². The summed E-state index contributed by atoms with van der Waals surface area (Å²) in [4.78, 5) is 21.6. The molecule has 0 saturated heterocycles. The summed E-state index contributed by atoms with van der Waals surface area (Å²) in [6, 6.07) is 3.82. The maximum absolute atomic E-state index is 11.6. The summed E-state index contributed by atoms with van der Waals surface area (Å²) >= 11 is 11.6. The van der Waals surface area contributed by atoms with Gasteiger partial charge in [-0.2, -0.15) is 0 Å². The number of hydrogen-bond acceptors (Lipinski definition) is 4. The SMILES string of the molecule is O=C(NC[C@H](O)c1cc(Cl)cc(Cl)c1)[C@H]1C[C@H]1[N+](=O)[O-]. The molecule has 0 heterocycles. The molecule has 0 unspecified atom stereocenters. The Morgan fingerprint density at radius 3 is 2.55 bits per heavy atom. The minimum Gasteiger partial charge on any atom is -0.387 e. The van der Waals surface area contributed by atoms with Crippen molar-refractivity contribution in [3.05, 3.63) is 43.9 Å². The lowest BCUT2D eigenvalue weighted by atomic mass is 10.1. The van der Waals surface area contributed by atoms with Crippen LogP contribution in [0.2, 0.25) is 10.0 Å². The molecular weight excluding hydrogens is 307 g/mol. The number of hydrogen-bond donors (Lipinski definition) is 2. The fourth-order valence-electron chi connectivity index (χ4n) is 1.91. The van der Waals surface area contributed by atoms with E-state index in [1.54, 1.807) is 12.1 Å². The van der Waals surface area contributed by atoms with Crippen molar-refractivity contribution in [3.63, 3.8) is 0 Å². The third-order valence-corrected chi connectivity index (χ3v) is 3.54. The van der Waals surface area contributed by atoms with Crippen molar-refractivity contribution in [2.75, 3.05) is 6.54 Å². The topological polar surface area (TPSA) is 92.5 Å². The van der Waals surface area contributed by atoms with Crippen molar-refractivity contribution in [1.82, 2.24) is 5.32 Å². The van der Waals surface area contributed by atoms with Gasteiger partial charge in [0, 0.05) is 27.9 Å². The molecule has 108 valence electrons.